The van der Waals surface area contributed by atoms with Crippen molar-refractivity contribution in [3.05, 3.63) is 46.1 Å². The first-order chi connectivity index (χ1) is 12.5. The number of nitrogens with zero attached hydrogens (tertiary/aromatic N) is 2. The molecule has 0 spiro atoms. The highest BCUT2D eigenvalue weighted by Gasteiger charge is 2.50. The molecule has 5 nitrogen and oxygen atoms in total. The Kier molecular flexibility index (Phi) is 4.31. The molecule has 1 fully saturated rings. The molecule has 0 atom stereocenters. The van der Waals surface area contributed by atoms with Gasteiger partial charge >= 0.3 is 0 Å². The van der Waals surface area contributed by atoms with Crippen molar-refractivity contribution in [3.63, 3.8) is 0 Å². The number of rotatable bonds is 3. The van der Waals surface area contributed by atoms with Gasteiger partial charge in [0.2, 0.25) is 0 Å². The lowest BCUT2D eigenvalue weighted by atomic mass is 9.79. The van der Waals surface area contributed by atoms with Crippen molar-refractivity contribution in [3.8, 4) is 0 Å². The van der Waals surface area contributed by atoms with Gasteiger partial charge in [0.25, 0.3) is 11.8 Å². The van der Waals surface area contributed by atoms with Gasteiger partial charge in [0.15, 0.2) is 0 Å². The average molecular weight is 369 g/mol. The molecule has 2 heterocycles. The van der Waals surface area contributed by atoms with E-state index in [9.17, 15) is 9.59 Å². The monoisotopic (exact) mass is 369 g/mol. The van der Waals surface area contributed by atoms with Crippen LogP contribution in [0.2, 0.25) is 0 Å². The Labute approximate surface area is 157 Å². The van der Waals surface area contributed by atoms with Crippen molar-refractivity contribution >= 4 is 28.2 Å². The predicted molar refractivity (Wildman–Crippen MR) is 102 cm³/mol. The number of anilines is 1. The zero-order valence-electron chi connectivity index (χ0n) is 15.2. The molecule has 1 aromatic carbocycles. The quantitative estimate of drug-likeness (QED) is 0.887. The number of aryl methyl sites for hydroxylation is 2. The van der Waals surface area contributed by atoms with E-state index in [2.05, 4.69) is 10.3 Å². The normalized spacial score (nSPS) is 18.7. The third-order valence-electron chi connectivity index (χ3n) is 5.68. The predicted octanol–water partition coefficient (Wildman–Crippen LogP) is 4.06. The SMILES string of the molecule is Cc1ncc(NC(=O)C2(N3Cc4c(C)cccc4C3=O)CCCCC2)s1. The van der Waals surface area contributed by atoms with Gasteiger partial charge in [0.05, 0.1) is 11.2 Å². The Morgan fingerprint density at radius 2 is 2.00 bits per heavy atom. The first-order valence-electron chi connectivity index (χ1n) is 9.16. The zero-order valence-corrected chi connectivity index (χ0v) is 16.0. The number of carbonyl (C=O) groups is 2. The number of thiazole rings is 1. The van der Waals surface area contributed by atoms with Gasteiger partial charge in [-0.1, -0.05) is 31.4 Å². The maximum absolute atomic E-state index is 13.3. The maximum atomic E-state index is 13.3. The number of fused-ring (bicyclic) bond motifs is 1. The first-order valence-corrected chi connectivity index (χ1v) is 9.97. The number of amides is 2. The van der Waals surface area contributed by atoms with Crippen molar-refractivity contribution in [2.45, 2.75) is 58.0 Å². The van der Waals surface area contributed by atoms with Gasteiger partial charge in [-0.3, -0.25) is 9.59 Å². The van der Waals surface area contributed by atoms with E-state index in [0.717, 1.165) is 58.8 Å². The summed E-state index contributed by atoms with van der Waals surface area (Å²) in [4.78, 5) is 32.5. The van der Waals surface area contributed by atoms with Crippen LogP contribution < -0.4 is 5.32 Å². The van der Waals surface area contributed by atoms with Crippen molar-refractivity contribution < 1.29 is 9.59 Å². The smallest absolute Gasteiger partial charge is 0.255 e. The third-order valence-corrected chi connectivity index (χ3v) is 6.51. The van der Waals surface area contributed by atoms with Crippen molar-refractivity contribution in [2.24, 2.45) is 0 Å². The van der Waals surface area contributed by atoms with Crippen molar-refractivity contribution in [2.75, 3.05) is 5.32 Å². The fourth-order valence-electron chi connectivity index (χ4n) is 4.24. The standard InChI is InChI=1S/C20H23N3O2S/c1-13-7-6-8-15-16(13)12-23(18(15)24)20(9-4-3-5-10-20)19(25)22-17-11-21-14(2)26-17/h6-8,11H,3-5,9-10,12H2,1-2H3,(H,22,25). The molecule has 4 rings (SSSR count). The Bertz CT molecular complexity index is 868. The zero-order chi connectivity index (χ0) is 18.3. The molecule has 2 aromatic rings. The second-order valence-electron chi connectivity index (χ2n) is 7.28. The van der Waals surface area contributed by atoms with Crippen LogP contribution in [-0.4, -0.2) is 27.2 Å². The van der Waals surface area contributed by atoms with Gasteiger partial charge in [-0.15, -0.1) is 11.3 Å². The summed E-state index contributed by atoms with van der Waals surface area (Å²) < 4.78 is 0. The summed E-state index contributed by atoms with van der Waals surface area (Å²) >= 11 is 1.47. The summed E-state index contributed by atoms with van der Waals surface area (Å²) in [5, 5.41) is 4.70. The molecular weight excluding hydrogens is 346 g/mol. The molecule has 0 radical (unpaired) electrons. The molecule has 6 heteroatoms. The van der Waals surface area contributed by atoms with E-state index in [1.165, 1.54) is 11.3 Å². The Morgan fingerprint density at radius 1 is 1.23 bits per heavy atom. The van der Waals surface area contributed by atoms with E-state index in [-0.39, 0.29) is 11.8 Å². The van der Waals surface area contributed by atoms with Crippen LogP contribution in [0, 0.1) is 13.8 Å². The lowest BCUT2D eigenvalue weighted by Crippen LogP contribution is -2.58. The van der Waals surface area contributed by atoms with E-state index in [4.69, 9.17) is 0 Å². The minimum absolute atomic E-state index is 0.0127. The Morgan fingerprint density at radius 3 is 2.65 bits per heavy atom. The van der Waals surface area contributed by atoms with Gasteiger partial charge in [0, 0.05) is 12.1 Å². The molecular formula is C20H23N3O2S. The molecule has 1 saturated carbocycles. The second-order valence-corrected chi connectivity index (χ2v) is 8.52. The topological polar surface area (TPSA) is 62.3 Å². The summed E-state index contributed by atoms with van der Waals surface area (Å²) in [6, 6.07) is 5.83. The number of nitrogens with one attached hydrogen (secondary N) is 1. The van der Waals surface area contributed by atoms with Crippen molar-refractivity contribution in [1.82, 2.24) is 9.88 Å². The highest BCUT2D eigenvalue weighted by molar-refractivity contribution is 7.15. The number of carbonyl (C=O) groups excluding carboxylic acids is 2. The van der Waals surface area contributed by atoms with E-state index in [1.807, 2.05) is 36.9 Å². The van der Waals surface area contributed by atoms with E-state index < -0.39 is 5.54 Å². The summed E-state index contributed by atoms with van der Waals surface area (Å²) in [6.45, 7) is 4.47. The molecule has 1 aromatic heterocycles. The molecule has 0 saturated heterocycles. The molecule has 1 aliphatic heterocycles. The Balaban J connectivity index is 1.68. The summed E-state index contributed by atoms with van der Waals surface area (Å²) in [6.07, 6.45) is 6.18. The fourth-order valence-corrected chi connectivity index (χ4v) is 4.91. The molecule has 0 unspecified atom stereocenters. The van der Waals surface area contributed by atoms with Crippen LogP contribution in [0.5, 0.6) is 0 Å². The number of benzene rings is 1. The Hall–Kier alpha value is -2.21. The van der Waals surface area contributed by atoms with E-state index in [0.29, 0.717) is 6.54 Å². The molecule has 26 heavy (non-hydrogen) atoms. The van der Waals surface area contributed by atoms with Crippen LogP contribution >= 0.6 is 11.3 Å². The van der Waals surface area contributed by atoms with Crippen LogP contribution in [-0.2, 0) is 11.3 Å². The van der Waals surface area contributed by atoms with Gasteiger partial charge in [-0.25, -0.2) is 4.98 Å². The minimum Gasteiger partial charge on any atom is -0.320 e. The summed E-state index contributed by atoms with van der Waals surface area (Å²) in [5.41, 5.74) is 2.15. The van der Waals surface area contributed by atoms with Crippen molar-refractivity contribution in [1.29, 1.82) is 0 Å². The highest BCUT2D eigenvalue weighted by atomic mass is 32.1. The van der Waals surface area contributed by atoms with Crippen LogP contribution in [0.4, 0.5) is 5.00 Å². The molecule has 2 amide bonds. The summed E-state index contributed by atoms with van der Waals surface area (Å²) in [7, 11) is 0. The van der Waals surface area contributed by atoms with Crippen LogP contribution in [0.3, 0.4) is 0 Å². The highest BCUT2D eigenvalue weighted by Crippen LogP contribution is 2.40. The number of aromatic nitrogens is 1. The second kappa shape index (κ2) is 6.50. The number of hydrogen-bond donors (Lipinski definition) is 1. The van der Waals surface area contributed by atoms with Gasteiger partial charge in [-0.05, 0) is 43.9 Å². The molecule has 136 valence electrons. The molecule has 0 bridgehead atoms. The van der Waals surface area contributed by atoms with Gasteiger partial charge in [0.1, 0.15) is 10.5 Å². The lowest BCUT2D eigenvalue weighted by Gasteiger charge is -2.43. The van der Waals surface area contributed by atoms with E-state index >= 15 is 0 Å². The summed E-state index contributed by atoms with van der Waals surface area (Å²) in [5.74, 6) is -0.0825. The largest absolute Gasteiger partial charge is 0.320 e. The third kappa shape index (κ3) is 2.72. The van der Waals surface area contributed by atoms with Crippen LogP contribution in [0.1, 0.15) is 58.6 Å². The van der Waals surface area contributed by atoms with E-state index in [1.54, 1.807) is 6.20 Å². The molecule has 1 N–H and O–H groups in total. The molecule has 2 aliphatic rings. The minimum atomic E-state index is -0.765. The van der Waals surface area contributed by atoms with Gasteiger partial charge < -0.3 is 10.2 Å². The van der Waals surface area contributed by atoms with Gasteiger partial charge in [-0.2, -0.15) is 0 Å². The van der Waals surface area contributed by atoms with Crippen LogP contribution in [0.15, 0.2) is 24.4 Å². The maximum Gasteiger partial charge on any atom is 0.255 e. The average Bonchev–Trinajstić information content (AvgIpc) is 3.20. The van der Waals surface area contributed by atoms with Crippen LogP contribution in [0.25, 0.3) is 0 Å². The number of hydrogen-bond acceptors (Lipinski definition) is 4. The fraction of sp³-hybridized carbons (Fsp3) is 0.450. The first kappa shape index (κ1) is 17.2. The molecule has 1 aliphatic carbocycles. The lowest BCUT2D eigenvalue weighted by molar-refractivity contribution is -0.129.